The first kappa shape index (κ1) is 11.4. The van der Waals surface area contributed by atoms with Crippen molar-refractivity contribution >= 4 is 17.3 Å². The average molecular weight is 227 g/mol. The van der Waals surface area contributed by atoms with Crippen LogP contribution in [0.15, 0.2) is 12.1 Å². The van der Waals surface area contributed by atoms with Crippen LogP contribution in [0.1, 0.15) is 10.4 Å². The first-order chi connectivity index (χ1) is 7.34. The Morgan fingerprint density at radius 2 is 1.75 bits per heavy atom. The number of carboxylic acids is 1. The summed E-state index contributed by atoms with van der Waals surface area (Å²) < 4.78 is 0. The van der Waals surface area contributed by atoms with Gasteiger partial charge in [0.1, 0.15) is 0 Å². The monoisotopic (exact) mass is 227 g/mol. The van der Waals surface area contributed by atoms with E-state index in [1.165, 1.54) is 0 Å². The first-order valence-electron chi connectivity index (χ1n) is 3.71. The van der Waals surface area contributed by atoms with E-state index in [0.717, 1.165) is 0 Å². The van der Waals surface area contributed by atoms with Crippen molar-refractivity contribution in [3.8, 4) is 5.75 Å². The van der Waals surface area contributed by atoms with E-state index in [9.17, 15) is 30.1 Å². The van der Waals surface area contributed by atoms with Gasteiger partial charge in [0.15, 0.2) is 0 Å². The Hall–Kier alpha value is -2.71. The molecule has 84 valence electrons. The van der Waals surface area contributed by atoms with E-state index in [4.69, 9.17) is 5.11 Å². The number of aromatic carboxylic acids is 1. The molecule has 16 heavy (non-hydrogen) atoms. The Morgan fingerprint density at radius 3 is 2.12 bits per heavy atom. The SMILES string of the molecule is O=C(O)c1cc([N+](=O)[O-])cc([N+](=O)[O-])c1[O-]. The standard InChI is InChI=1S/C7H4N2O7/c10-6-4(7(11)12)1-3(8(13)14)2-5(6)9(15)16/h1-2,10H,(H,11,12)/p-1. The summed E-state index contributed by atoms with van der Waals surface area (Å²) in [6.45, 7) is 0. The van der Waals surface area contributed by atoms with Crippen molar-refractivity contribution in [2.24, 2.45) is 0 Å². The molecular weight excluding hydrogens is 224 g/mol. The Kier molecular flexibility index (Phi) is 2.70. The number of rotatable bonds is 3. The van der Waals surface area contributed by atoms with Crippen LogP contribution in [0.2, 0.25) is 0 Å². The van der Waals surface area contributed by atoms with E-state index in [1.54, 1.807) is 0 Å². The molecule has 0 saturated carbocycles. The van der Waals surface area contributed by atoms with Crippen molar-refractivity contribution in [3.05, 3.63) is 37.9 Å². The van der Waals surface area contributed by atoms with Crippen LogP contribution in [0, 0.1) is 20.2 Å². The fourth-order valence-corrected chi connectivity index (χ4v) is 0.999. The lowest BCUT2D eigenvalue weighted by Crippen LogP contribution is -2.08. The normalized spacial score (nSPS) is 9.75. The number of benzene rings is 1. The largest absolute Gasteiger partial charge is 0.867 e. The summed E-state index contributed by atoms with van der Waals surface area (Å²) in [5.41, 5.74) is -2.95. The quantitative estimate of drug-likeness (QED) is 0.575. The van der Waals surface area contributed by atoms with Gasteiger partial charge in [-0.3, -0.25) is 20.2 Å². The van der Waals surface area contributed by atoms with Crippen molar-refractivity contribution in [2.75, 3.05) is 0 Å². The molecule has 0 fully saturated rings. The molecule has 1 N–H and O–H groups in total. The summed E-state index contributed by atoms with van der Waals surface area (Å²) in [6.07, 6.45) is 0. The van der Waals surface area contributed by atoms with Gasteiger partial charge in [-0.05, 0) is 5.75 Å². The second kappa shape index (κ2) is 3.81. The van der Waals surface area contributed by atoms with Crippen LogP contribution >= 0.6 is 0 Å². The number of nitrogens with zero attached hydrogens (tertiary/aromatic N) is 2. The van der Waals surface area contributed by atoms with Gasteiger partial charge in [0.05, 0.1) is 21.5 Å². The smallest absolute Gasteiger partial charge is 0.335 e. The number of carbonyl (C=O) groups is 1. The summed E-state index contributed by atoms with van der Waals surface area (Å²) in [5, 5.41) is 40.4. The average Bonchev–Trinajstić information content (AvgIpc) is 2.16. The highest BCUT2D eigenvalue weighted by atomic mass is 16.6. The molecule has 0 aliphatic carbocycles. The zero-order valence-electron chi connectivity index (χ0n) is 7.45. The van der Waals surface area contributed by atoms with Crippen LogP contribution in [-0.2, 0) is 0 Å². The molecule has 0 unspecified atom stereocenters. The van der Waals surface area contributed by atoms with E-state index in [0.29, 0.717) is 12.1 Å². The summed E-state index contributed by atoms with van der Waals surface area (Å²) >= 11 is 0. The third-order valence-electron chi connectivity index (χ3n) is 1.69. The Morgan fingerprint density at radius 1 is 1.19 bits per heavy atom. The van der Waals surface area contributed by atoms with Crippen LogP contribution in [0.4, 0.5) is 11.4 Å². The lowest BCUT2D eigenvalue weighted by atomic mass is 10.1. The van der Waals surface area contributed by atoms with E-state index in [2.05, 4.69) is 0 Å². The molecule has 1 aromatic rings. The molecule has 0 bridgehead atoms. The lowest BCUT2D eigenvalue weighted by Gasteiger charge is -2.09. The van der Waals surface area contributed by atoms with Crippen LogP contribution in [-0.4, -0.2) is 20.9 Å². The minimum Gasteiger partial charge on any atom is -0.867 e. The van der Waals surface area contributed by atoms with Crippen molar-refractivity contribution in [1.82, 2.24) is 0 Å². The van der Waals surface area contributed by atoms with E-state index >= 15 is 0 Å². The highest BCUT2D eigenvalue weighted by Gasteiger charge is 2.21. The number of non-ortho nitro benzene ring substituents is 1. The summed E-state index contributed by atoms with van der Waals surface area (Å²) in [7, 11) is 0. The maximum absolute atomic E-state index is 11.2. The molecule has 0 heterocycles. The minimum atomic E-state index is -1.75. The molecule has 0 atom stereocenters. The van der Waals surface area contributed by atoms with Crippen molar-refractivity contribution in [1.29, 1.82) is 0 Å². The van der Waals surface area contributed by atoms with Gasteiger partial charge in [-0.2, -0.15) is 0 Å². The fourth-order valence-electron chi connectivity index (χ4n) is 0.999. The Labute approximate surface area is 86.9 Å². The molecule has 1 aromatic carbocycles. The number of hydrogen-bond donors (Lipinski definition) is 1. The molecule has 0 radical (unpaired) electrons. The van der Waals surface area contributed by atoms with Gasteiger partial charge in [0.2, 0.25) is 0 Å². The van der Waals surface area contributed by atoms with Crippen LogP contribution < -0.4 is 5.11 Å². The lowest BCUT2D eigenvalue weighted by molar-refractivity contribution is -0.403. The summed E-state index contributed by atoms with van der Waals surface area (Å²) in [4.78, 5) is 29.1. The van der Waals surface area contributed by atoms with Gasteiger partial charge in [-0.15, -0.1) is 0 Å². The van der Waals surface area contributed by atoms with Gasteiger partial charge >= 0.3 is 5.97 Å². The third-order valence-corrected chi connectivity index (χ3v) is 1.69. The fraction of sp³-hybridized carbons (Fsp3) is 0. The Bertz CT molecular complexity index is 461. The van der Waals surface area contributed by atoms with E-state index < -0.39 is 38.5 Å². The Balaban J connectivity index is 3.57. The molecule has 9 heteroatoms. The maximum Gasteiger partial charge on any atom is 0.335 e. The highest BCUT2D eigenvalue weighted by Crippen LogP contribution is 2.31. The second-order valence-corrected chi connectivity index (χ2v) is 2.66. The van der Waals surface area contributed by atoms with Gasteiger partial charge in [0.25, 0.3) is 11.4 Å². The molecule has 0 amide bonds. The first-order valence-corrected chi connectivity index (χ1v) is 3.71. The van der Waals surface area contributed by atoms with Crippen LogP contribution in [0.3, 0.4) is 0 Å². The highest BCUT2D eigenvalue weighted by molar-refractivity contribution is 5.93. The molecule has 0 aliphatic heterocycles. The summed E-state index contributed by atoms with van der Waals surface area (Å²) in [6, 6.07) is 0.909. The molecule has 9 nitrogen and oxygen atoms in total. The third kappa shape index (κ3) is 1.87. The van der Waals surface area contributed by atoms with Crippen molar-refractivity contribution < 1.29 is 24.9 Å². The number of carboxylic acid groups (broad SMARTS) is 1. The summed E-state index contributed by atoms with van der Waals surface area (Å²) in [5.74, 6) is -3.11. The predicted molar refractivity (Wildman–Crippen MR) is 46.2 cm³/mol. The van der Waals surface area contributed by atoms with E-state index in [-0.39, 0.29) is 0 Å². The van der Waals surface area contributed by atoms with Crippen molar-refractivity contribution in [2.45, 2.75) is 0 Å². The second-order valence-electron chi connectivity index (χ2n) is 2.66. The molecule has 1 rings (SSSR count). The minimum absolute atomic E-state index is 0.425. The molecule has 0 aromatic heterocycles. The number of nitro groups is 2. The molecule has 0 saturated heterocycles. The zero-order valence-corrected chi connectivity index (χ0v) is 7.45. The van der Waals surface area contributed by atoms with E-state index in [1.807, 2.05) is 0 Å². The topological polar surface area (TPSA) is 147 Å². The number of hydrogen-bond acceptors (Lipinski definition) is 6. The van der Waals surface area contributed by atoms with Crippen molar-refractivity contribution in [3.63, 3.8) is 0 Å². The van der Waals surface area contributed by atoms with Gasteiger partial charge < -0.3 is 10.2 Å². The van der Waals surface area contributed by atoms with Crippen LogP contribution in [0.5, 0.6) is 5.75 Å². The predicted octanol–water partition coefficient (Wildman–Crippen LogP) is 0.275. The molecule has 0 aliphatic rings. The number of nitro benzene ring substituents is 2. The van der Waals surface area contributed by atoms with Gasteiger partial charge in [-0.25, -0.2) is 4.79 Å². The van der Waals surface area contributed by atoms with Crippen LogP contribution in [0.25, 0.3) is 0 Å². The molecular formula is C7H3N2O7-. The van der Waals surface area contributed by atoms with Gasteiger partial charge in [0, 0.05) is 6.07 Å². The maximum atomic E-state index is 11.2. The van der Waals surface area contributed by atoms with Gasteiger partial charge in [-0.1, -0.05) is 0 Å². The molecule has 0 spiro atoms. The zero-order chi connectivity index (χ0) is 12.5.